The normalized spacial score (nSPS) is 16.8. The van der Waals surface area contributed by atoms with Crippen LogP contribution >= 0.6 is 11.6 Å². The maximum Gasteiger partial charge on any atom is 0.0591 e. The second kappa shape index (κ2) is 7.28. The monoisotopic (exact) mass is 281 g/mol. The molecule has 19 heavy (non-hydrogen) atoms. The highest BCUT2D eigenvalue weighted by Gasteiger charge is 2.31. The highest BCUT2D eigenvalue weighted by atomic mass is 35.5. The van der Waals surface area contributed by atoms with Gasteiger partial charge in [-0.2, -0.15) is 0 Å². The highest BCUT2D eigenvalue weighted by Crippen LogP contribution is 2.41. The van der Waals surface area contributed by atoms with Gasteiger partial charge in [0.25, 0.3) is 0 Å². The lowest BCUT2D eigenvalue weighted by Crippen LogP contribution is -2.27. The third kappa shape index (κ3) is 5.13. The van der Waals surface area contributed by atoms with Crippen LogP contribution in [0, 0.1) is 11.8 Å². The van der Waals surface area contributed by atoms with Crippen molar-refractivity contribution in [3.63, 3.8) is 0 Å². The fourth-order valence-corrected chi connectivity index (χ4v) is 2.39. The maximum absolute atomic E-state index is 5.95. The molecule has 1 aliphatic rings. The Morgan fingerprint density at radius 1 is 1.26 bits per heavy atom. The van der Waals surface area contributed by atoms with Crippen LogP contribution < -0.4 is 5.32 Å². The Morgan fingerprint density at radius 3 is 2.53 bits per heavy atom. The Morgan fingerprint density at radius 2 is 1.95 bits per heavy atom. The van der Waals surface area contributed by atoms with Crippen molar-refractivity contribution < 1.29 is 4.74 Å². The smallest absolute Gasteiger partial charge is 0.0591 e. The lowest BCUT2D eigenvalue weighted by atomic mass is 10.0. The molecule has 2 nitrogen and oxygen atoms in total. The molecule has 0 heterocycles. The lowest BCUT2D eigenvalue weighted by Gasteiger charge is -2.19. The second-order valence-electron chi connectivity index (χ2n) is 5.79. The molecule has 1 atom stereocenters. The number of ether oxygens (including phenoxy) is 1. The number of nitrogens with one attached hydrogen (secondary N) is 1. The first-order valence-electron chi connectivity index (χ1n) is 7.23. The van der Waals surface area contributed by atoms with Crippen molar-refractivity contribution in [2.75, 3.05) is 19.8 Å². The van der Waals surface area contributed by atoms with Gasteiger partial charge in [0.2, 0.25) is 0 Å². The summed E-state index contributed by atoms with van der Waals surface area (Å²) in [7, 11) is 0. The van der Waals surface area contributed by atoms with E-state index in [1.165, 1.54) is 18.4 Å². The number of benzene rings is 1. The van der Waals surface area contributed by atoms with E-state index in [1.54, 1.807) is 0 Å². The van der Waals surface area contributed by atoms with Gasteiger partial charge in [0.15, 0.2) is 0 Å². The molecule has 1 saturated carbocycles. The van der Waals surface area contributed by atoms with Crippen LogP contribution in [0.25, 0.3) is 0 Å². The van der Waals surface area contributed by atoms with Gasteiger partial charge in [-0.25, -0.2) is 0 Å². The van der Waals surface area contributed by atoms with Crippen LogP contribution in [0.1, 0.15) is 38.3 Å². The van der Waals surface area contributed by atoms with E-state index in [4.69, 9.17) is 16.3 Å². The molecule has 0 radical (unpaired) electrons. The van der Waals surface area contributed by atoms with Gasteiger partial charge in [0.05, 0.1) is 6.61 Å². The fraction of sp³-hybridized carbons (Fsp3) is 0.625. The zero-order valence-corrected chi connectivity index (χ0v) is 12.6. The van der Waals surface area contributed by atoms with E-state index in [-0.39, 0.29) is 0 Å². The molecule has 106 valence electrons. The Balaban J connectivity index is 1.78. The summed E-state index contributed by atoms with van der Waals surface area (Å²) in [5.41, 5.74) is 1.34. The van der Waals surface area contributed by atoms with Crippen LogP contribution in [0.4, 0.5) is 0 Å². The van der Waals surface area contributed by atoms with E-state index in [0.717, 1.165) is 30.7 Å². The van der Waals surface area contributed by atoms with Crippen LogP contribution in [-0.4, -0.2) is 19.8 Å². The molecule has 0 bridgehead atoms. The minimum atomic E-state index is 0.458. The lowest BCUT2D eigenvalue weighted by molar-refractivity contribution is 0.109. The van der Waals surface area contributed by atoms with Crippen molar-refractivity contribution in [3.05, 3.63) is 34.9 Å². The van der Waals surface area contributed by atoms with Crippen molar-refractivity contribution >= 4 is 11.6 Å². The van der Waals surface area contributed by atoms with Gasteiger partial charge in [-0.05, 0) is 42.4 Å². The Kier molecular flexibility index (Phi) is 5.68. The van der Waals surface area contributed by atoms with Gasteiger partial charge in [0.1, 0.15) is 0 Å². The highest BCUT2D eigenvalue weighted by molar-refractivity contribution is 6.30. The van der Waals surface area contributed by atoms with Crippen LogP contribution in [0.5, 0.6) is 0 Å². The van der Waals surface area contributed by atoms with E-state index in [0.29, 0.717) is 12.0 Å². The summed E-state index contributed by atoms with van der Waals surface area (Å²) in [6.07, 6.45) is 2.65. The molecule has 2 rings (SSSR count). The van der Waals surface area contributed by atoms with E-state index in [9.17, 15) is 0 Å². The predicted molar refractivity (Wildman–Crippen MR) is 80.6 cm³/mol. The van der Waals surface area contributed by atoms with Crippen molar-refractivity contribution in [2.45, 2.75) is 32.7 Å². The van der Waals surface area contributed by atoms with E-state index in [1.807, 2.05) is 12.1 Å². The van der Waals surface area contributed by atoms with E-state index >= 15 is 0 Å². The van der Waals surface area contributed by atoms with E-state index in [2.05, 4.69) is 31.3 Å². The maximum atomic E-state index is 5.95. The van der Waals surface area contributed by atoms with Crippen LogP contribution in [0.2, 0.25) is 5.02 Å². The molecule has 1 aromatic rings. The summed E-state index contributed by atoms with van der Waals surface area (Å²) < 4.78 is 5.62. The first-order chi connectivity index (χ1) is 9.16. The molecule has 0 aromatic heterocycles. The average Bonchev–Trinajstić information content (AvgIpc) is 3.19. The molecule has 0 aliphatic heterocycles. The van der Waals surface area contributed by atoms with Crippen molar-refractivity contribution in [3.8, 4) is 0 Å². The first kappa shape index (κ1) is 14.8. The topological polar surface area (TPSA) is 21.3 Å². The predicted octanol–water partition coefficient (Wildman–Crippen LogP) is 4.05. The number of hydrogen-bond acceptors (Lipinski definition) is 2. The summed E-state index contributed by atoms with van der Waals surface area (Å²) in [5, 5.41) is 4.43. The number of rotatable bonds is 8. The Bertz CT molecular complexity index is 373. The molecular formula is C16H24ClNO. The van der Waals surface area contributed by atoms with Gasteiger partial charge in [-0.1, -0.05) is 37.6 Å². The largest absolute Gasteiger partial charge is 0.380 e. The minimum Gasteiger partial charge on any atom is -0.380 e. The van der Waals surface area contributed by atoms with Gasteiger partial charge in [-0.15, -0.1) is 0 Å². The summed E-state index contributed by atoms with van der Waals surface area (Å²) in [6, 6.07) is 8.67. The third-order valence-electron chi connectivity index (χ3n) is 3.38. The van der Waals surface area contributed by atoms with Gasteiger partial charge in [0, 0.05) is 24.2 Å². The summed E-state index contributed by atoms with van der Waals surface area (Å²) in [4.78, 5) is 0. The quantitative estimate of drug-likeness (QED) is 0.726. The standard InChI is InChI=1S/C16H24ClNO/c1-12(2)11-19-10-9-18-16(13-3-4-13)14-5-7-15(17)8-6-14/h5-8,12-13,16,18H,3-4,9-11H2,1-2H3. The molecule has 1 aliphatic carbocycles. The molecule has 1 fully saturated rings. The molecule has 1 N–H and O–H groups in total. The Labute approximate surface area is 121 Å². The fourth-order valence-electron chi connectivity index (χ4n) is 2.26. The van der Waals surface area contributed by atoms with Crippen molar-refractivity contribution in [2.24, 2.45) is 11.8 Å². The zero-order chi connectivity index (χ0) is 13.7. The molecule has 1 unspecified atom stereocenters. The SMILES string of the molecule is CC(C)COCCNC(c1ccc(Cl)cc1)C1CC1. The molecule has 0 spiro atoms. The molecule has 0 amide bonds. The van der Waals surface area contributed by atoms with Gasteiger partial charge >= 0.3 is 0 Å². The number of hydrogen-bond donors (Lipinski definition) is 1. The summed E-state index contributed by atoms with van der Waals surface area (Å²) in [6.45, 7) is 6.89. The molecule has 3 heteroatoms. The third-order valence-corrected chi connectivity index (χ3v) is 3.64. The summed E-state index contributed by atoms with van der Waals surface area (Å²) >= 11 is 5.95. The van der Waals surface area contributed by atoms with Crippen LogP contribution in [-0.2, 0) is 4.74 Å². The van der Waals surface area contributed by atoms with Crippen molar-refractivity contribution in [1.82, 2.24) is 5.32 Å². The van der Waals surface area contributed by atoms with Crippen molar-refractivity contribution in [1.29, 1.82) is 0 Å². The van der Waals surface area contributed by atoms with Gasteiger partial charge in [-0.3, -0.25) is 0 Å². The Hall–Kier alpha value is -0.570. The summed E-state index contributed by atoms with van der Waals surface area (Å²) in [5.74, 6) is 1.39. The molecule has 1 aromatic carbocycles. The molecular weight excluding hydrogens is 258 g/mol. The zero-order valence-electron chi connectivity index (χ0n) is 11.9. The van der Waals surface area contributed by atoms with Crippen LogP contribution in [0.15, 0.2) is 24.3 Å². The average molecular weight is 282 g/mol. The number of halogens is 1. The minimum absolute atomic E-state index is 0.458. The van der Waals surface area contributed by atoms with Crippen LogP contribution in [0.3, 0.4) is 0 Å². The molecule has 0 saturated heterocycles. The first-order valence-corrected chi connectivity index (χ1v) is 7.61. The second-order valence-corrected chi connectivity index (χ2v) is 6.23. The van der Waals surface area contributed by atoms with Gasteiger partial charge < -0.3 is 10.1 Å². The van der Waals surface area contributed by atoms with E-state index < -0.39 is 0 Å².